The van der Waals surface area contributed by atoms with Gasteiger partial charge in [-0.2, -0.15) is 0 Å². The van der Waals surface area contributed by atoms with Crippen molar-refractivity contribution in [1.29, 1.82) is 0 Å². The van der Waals surface area contributed by atoms with Crippen LogP contribution in [-0.2, 0) is 13.0 Å². The maximum absolute atomic E-state index is 4.46. The summed E-state index contributed by atoms with van der Waals surface area (Å²) in [5.41, 5.74) is 2.90. The Labute approximate surface area is 135 Å². The van der Waals surface area contributed by atoms with Gasteiger partial charge in [-0.25, -0.2) is 0 Å². The highest BCUT2D eigenvalue weighted by atomic mass is 15.3. The fourth-order valence-corrected chi connectivity index (χ4v) is 2.88. The van der Waals surface area contributed by atoms with E-state index in [1.807, 2.05) is 7.05 Å². The number of guanidine groups is 1. The second kappa shape index (κ2) is 8.18. The third-order valence-corrected chi connectivity index (χ3v) is 4.73. The summed E-state index contributed by atoms with van der Waals surface area (Å²) in [7, 11) is 4.07. The van der Waals surface area contributed by atoms with Crippen molar-refractivity contribution in [3.8, 4) is 0 Å². The van der Waals surface area contributed by atoms with Gasteiger partial charge in [-0.1, -0.05) is 31.2 Å². The Kier molecular flexibility index (Phi) is 6.25. The molecule has 1 aromatic carbocycles. The molecule has 0 bridgehead atoms. The number of hydrogen-bond donors (Lipinski definition) is 1. The summed E-state index contributed by atoms with van der Waals surface area (Å²) in [5, 5.41) is 3.51. The van der Waals surface area contributed by atoms with E-state index in [2.05, 4.69) is 65.3 Å². The summed E-state index contributed by atoms with van der Waals surface area (Å²) in [6, 6.07) is 9.35. The molecule has 0 saturated heterocycles. The molecule has 1 aliphatic rings. The van der Waals surface area contributed by atoms with Gasteiger partial charge in [-0.3, -0.25) is 4.99 Å². The van der Waals surface area contributed by atoms with Gasteiger partial charge in [0.05, 0.1) is 0 Å². The quantitative estimate of drug-likeness (QED) is 0.669. The molecule has 4 heteroatoms. The highest BCUT2D eigenvalue weighted by molar-refractivity contribution is 5.80. The molecule has 1 atom stereocenters. The third kappa shape index (κ3) is 4.23. The molecule has 4 nitrogen and oxygen atoms in total. The van der Waals surface area contributed by atoms with Crippen molar-refractivity contribution < 1.29 is 0 Å². The van der Waals surface area contributed by atoms with Gasteiger partial charge in [0.25, 0.3) is 0 Å². The minimum atomic E-state index is 0.630. The lowest BCUT2D eigenvalue weighted by Gasteiger charge is -2.32. The van der Waals surface area contributed by atoms with Gasteiger partial charge in [-0.05, 0) is 37.9 Å². The van der Waals surface area contributed by atoms with Crippen LogP contribution in [0.3, 0.4) is 0 Å². The van der Waals surface area contributed by atoms with Crippen molar-refractivity contribution >= 4 is 5.96 Å². The number of hydrogen-bond acceptors (Lipinski definition) is 2. The van der Waals surface area contributed by atoms with E-state index >= 15 is 0 Å². The topological polar surface area (TPSA) is 30.9 Å². The first kappa shape index (κ1) is 16.8. The molecule has 0 radical (unpaired) electrons. The van der Waals surface area contributed by atoms with E-state index in [9.17, 15) is 0 Å². The number of nitrogens with zero attached hydrogens (tertiary/aromatic N) is 3. The summed E-state index contributed by atoms with van der Waals surface area (Å²) in [5.74, 6) is 1.02. The number of likely N-dealkylation sites (N-methyl/N-ethyl adjacent to an activating group) is 1. The van der Waals surface area contributed by atoms with Crippen molar-refractivity contribution in [2.75, 3.05) is 33.7 Å². The summed E-state index contributed by atoms with van der Waals surface area (Å²) in [6.07, 6.45) is 2.29. The zero-order valence-corrected chi connectivity index (χ0v) is 14.5. The molecule has 2 rings (SSSR count). The largest absolute Gasteiger partial charge is 0.355 e. The molecule has 0 aliphatic carbocycles. The number of benzene rings is 1. The van der Waals surface area contributed by atoms with Crippen LogP contribution in [0.4, 0.5) is 0 Å². The molecule has 0 fully saturated rings. The molecule has 0 amide bonds. The second-order valence-corrected chi connectivity index (χ2v) is 6.15. The van der Waals surface area contributed by atoms with Crippen molar-refractivity contribution in [1.82, 2.24) is 15.1 Å². The first-order chi connectivity index (χ1) is 10.7. The Hall–Kier alpha value is -1.55. The summed E-state index contributed by atoms with van der Waals surface area (Å²) >= 11 is 0. The minimum absolute atomic E-state index is 0.630. The van der Waals surface area contributed by atoms with Crippen molar-refractivity contribution in [3.05, 3.63) is 35.4 Å². The summed E-state index contributed by atoms with van der Waals surface area (Å²) in [6.45, 7) is 8.48. The van der Waals surface area contributed by atoms with E-state index < -0.39 is 0 Å². The van der Waals surface area contributed by atoms with E-state index in [0.29, 0.717) is 6.04 Å². The van der Waals surface area contributed by atoms with Crippen LogP contribution in [0.2, 0.25) is 0 Å². The van der Waals surface area contributed by atoms with E-state index in [0.717, 1.165) is 38.6 Å². The van der Waals surface area contributed by atoms with Crippen molar-refractivity contribution in [3.63, 3.8) is 0 Å². The first-order valence-corrected chi connectivity index (χ1v) is 8.38. The van der Waals surface area contributed by atoms with Gasteiger partial charge in [0.15, 0.2) is 5.96 Å². The van der Waals surface area contributed by atoms with Crippen LogP contribution in [0.15, 0.2) is 29.3 Å². The lowest BCUT2D eigenvalue weighted by atomic mass is 10.0. The second-order valence-electron chi connectivity index (χ2n) is 6.15. The normalized spacial score (nSPS) is 16.6. The minimum Gasteiger partial charge on any atom is -0.355 e. The number of fused-ring (bicyclic) bond motifs is 1. The van der Waals surface area contributed by atoms with Gasteiger partial charge in [0.2, 0.25) is 0 Å². The monoisotopic (exact) mass is 302 g/mol. The van der Waals surface area contributed by atoms with Crippen LogP contribution in [0, 0.1) is 0 Å². The smallest absolute Gasteiger partial charge is 0.194 e. The van der Waals surface area contributed by atoms with Gasteiger partial charge in [0.1, 0.15) is 0 Å². The number of nitrogens with one attached hydrogen (secondary N) is 1. The first-order valence-electron chi connectivity index (χ1n) is 8.38. The van der Waals surface area contributed by atoms with Crippen LogP contribution < -0.4 is 5.32 Å². The molecule has 0 saturated carbocycles. The molecular formula is C18H30N4. The molecule has 122 valence electrons. The van der Waals surface area contributed by atoms with Crippen molar-refractivity contribution in [2.24, 2.45) is 4.99 Å². The summed E-state index contributed by atoms with van der Waals surface area (Å²) in [4.78, 5) is 9.21. The predicted molar refractivity (Wildman–Crippen MR) is 94.3 cm³/mol. The van der Waals surface area contributed by atoms with E-state index in [1.165, 1.54) is 17.5 Å². The highest BCUT2D eigenvalue weighted by Gasteiger charge is 2.18. The van der Waals surface area contributed by atoms with Gasteiger partial charge in [-0.15, -0.1) is 0 Å². The molecule has 0 spiro atoms. The van der Waals surface area contributed by atoms with Crippen molar-refractivity contribution in [2.45, 2.75) is 39.3 Å². The third-order valence-electron chi connectivity index (χ3n) is 4.73. The molecular weight excluding hydrogens is 272 g/mol. The Morgan fingerprint density at radius 2 is 2.09 bits per heavy atom. The predicted octanol–water partition coefficient (Wildman–Crippen LogP) is 2.35. The fraction of sp³-hybridized carbons (Fsp3) is 0.611. The van der Waals surface area contributed by atoms with E-state index in [-0.39, 0.29) is 0 Å². The Balaban J connectivity index is 1.86. The molecule has 22 heavy (non-hydrogen) atoms. The molecule has 1 unspecified atom stereocenters. The van der Waals surface area contributed by atoms with Crippen LogP contribution in [0.5, 0.6) is 0 Å². The summed E-state index contributed by atoms with van der Waals surface area (Å²) < 4.78 is 0. The standard InChI is InChI=1S/C18H30N4/c1-5-15(2)21(4)13-11-20-18(19-3)22-12-10-16-8-6-7-9-17(16)14-22/h6-9,15H,5,10-14H2,1-4H3,(H,19,20). The SMILES string of the molecule is CCC(C)N(C)CCNC(=NC)N1CCc2ccccc2C1. The zero-order valence-electron chi connectivity index (χ0n) is 14.5. The Morgan fingerprint density at radius 3 is 2.77 bits per heavy atom. The maximum atomic E-state index is 4.46. The zero-order chi connectivity index (χ0) is 15.9. The lowest BCUT2D eigenvalue weighted by Crippen LogP contribution is -2.46. The highest BCUT2D eigenvalue weighted by Crippen LogP contribution is 2.18. The van der Waals surface area contributed by atoms with Crippen LogP contribution >= 0.6 is 0 Å². The fourth-order valence-electron chi connectivity index (χ4n) is 2.88. The average molecular weight is 302 g/mol. The van der Waals surface area contributed by atoms with Gasteiger partial charge >= 0.3 is 0 Å². The van der Waals surface area contributed by atoms with Crippen LogP contribution in [0.1, 0.15) is 31.4 Å². The molecule has 1 aromatic rings. The van der Waals surface area contributed by atoms with Crippen LogP contribution in [0.25, 0.3) is 0 Å². The molecule has 1 heterocycles. The molecule has 0 aromatic heterocycles. The molecule has 1 aliphatic heterocycles. The average Bonchev–Trinajstić information content (AvgIpc) is 2.57. The molecule has 1 N–H and O–H groups in total. The van der Waals surface area contributed by atoms with Gasteiger partial charge in [0, 0.05) is 39.3 Å². The van der Waals surface area contributed by atoms with E-state index in [4.69, 9.17) is 0 Å². The Morgan fingerprint density at radius 1 is 1.36 bits per heavy atom. The number of rotatable bonds is 5. The number of aliphatic imine (C=N–C) groups is 1. The van der Waals surface area contributed by atoms with Gasteiger partial charge < -0.3 is 15.1 Å². The maximum Gasteiger partial charge on any atom is 0.194 e. The lowest BCUT2D eigenvalue weighted by molar-refractivity contribution is 0.254. The Bertz CT molecular complexity index is 498. The van der Waals surface area contributed by atoms with E-state index in [1.54, 1.807) is 0 Å². The van der Waals surface area contributed by atoms with Crippen LogP contribution in [-0.4, -0.2) is 55.5 Å².